The number of fused-ring (bicyclic) bond motifs is 2. The first kappa shape index (κ1) is 20.2. The second kappa shape index (κ2) is 7.02. The molecule has 2 aromatic rings. The van der Waals surface area contributed by atoms with Gasteiger partial charge in [0.05, 0.1) is 17.4 Å². The van der Waals surface area contributed by atoms with Gasteiger partial charge >= 0.3 is 0 Å². The molecule has 8 heteroatoms. The fourth-order valence-corrected chi connectivity index (χ4v) is 3.82. The Kier molecular flexibility index (Phi) is 4.73. The summed E-state index contributed by atoms with van der Waals surface area (Å²) in [6.45, 7) is 4.95. The van der Waals surface area contributed by atoms with E-state index >= 15 is 0 Å². The molecule has 2 aromatic carbocycles. The summed E-state index contributed by atoms with van der Waals surface area (Å²) in [4.78, 5) is 41.3. The van der Waals surface area contributed by atoms with Crippen LogP contribution in [0.3, 0.4) is 0 Å². The number of carbonyl (C=O) groups is 3. The summed E-state index contributed by atoms with van der Waals surface area (Å²) < 4.78 is 11.3. The third kappa shape index (κ3) is 3.19. The van der Waals surface area contributed by atoms with Crippen LogP contribution in [0.5, 0.6) is 11.5 Å². The molecule has 0 bridgehead atoms. The number of amides is 2. The molecule has 0 saturated carbocycles. The van der Waals surface area contributed by atoms with Gasteiger partial charge in [-0.25, -0.2) is 0 Å². The second-order valence-corrected chi connectivity index (χ2v) is 8.30. The molecule has 1 atom stereocenters. The van der Waals surface area contributed by atoms with Crippen molar-refractivity contribution in [3.8, 4) is 11.5 Å². The van der Waals surface area contributed by atoms with E-state index in [0.29, 0.717) is 33.5 Å². The lowest BCUT2D eigenvalue weighted by molar-refractivity contribution is -0.133. The predicted octanol–water partition coefficient (Wildman–Crippen LogP) is 3.47. The van der Waals surface area contributed by atoms with Gasteiger partial charge in [-0.1, -0.05) is 11.6 Å². The Labute approximate surface area is 179 Å². The summed E-state index contributed by atoms with van der Waals surface area (Å²) in [5.41, 5.74) is 0.195. The Morgan fingerprint density at radius 1 is 1.10 bits per heavy atom. The summed E-state index contributed by atoms with van der Waals surface area (Å²) >= 11 is 6.14. The lowest BCUT2D eigenvalue weighted by Crippen LogP contribution is -2.57. The van der Waals surface area contributed by atoms with E-state index < -0.39 is 11.6 Å². The van der Waals surface area contributed by atoms with Gasteiger partial charge in [-0.05, 0) is 57.2 Å². The van der Waals surface area contributed by atoms with Crippen LogP contribution >= 0.6 is 11.6 Å². The number of nitrogens with zero attached hydrogens (tertiary/aromatic N) is 2. The van der Waals surface area contributed by atoms with Crippen molar-refractivity contribution < 1.29 is 23.9 Å². The number of ether oxygens (including phenoxy) is 2. The molecule has 1 unspecified atom stereocenters. The topological polar surface area (TPSA) is 76.2 Å². The van der Waals surface area contributed by atoms with E-state index in [0.717, 1.165) is 0 Å². The second-order valence-electron chi connectivity index (χ2n) is 7.86. The summed E-state index contributed by atoms with van der Waals surface area (Å²) in [6.07, 6.45) is 0. The fraction of sp³-hybridized carbons (Fsp3) is 0.318. The zero-order chi connectivity index (χ0) is 21.8. The molecule has 2 aliphatic rings. The first-order chi connectivity index (χ1) is 14.1. The fourth-order valence-electron chi connectivity index (χ4n) is 3.65. The van der Waals surface area contributed by atoms with Gasteiger partial charge < -0.3 is 14.4 Å². The number of benzene rings is 2. The van der Waals surface area contributed by atoms with Crippen molar-refractivity contribution in [1.82, 2.24) is 0 Å². The zero-order valence-corrected chi connectivity index (χ0v) is 17.8. The minimum absolute atomic E-state index is 0.0396. The van der Waals surface area contributed by atoms with E-state index in [-0.39, 0.29) is 24.2 Å². The lowest BCUT2D eigenvalue weighted by Gasteiger charge is -2.41. The summed E-state index contributed by atoms with van der Waals surface area (Å²) in [5.74, 6) is 0.191. The molecule has 7 nitrogen and oxygen atoms in total. The number of hydrogen-bond acceptors (Lipinski definition) is 5. The number of halogens is 1. The highest BCUT2D eigenvalue weighted by Gasteiger charge is 2.44. The van der Waals surface area contributed by atoms with Crippen molar-refractivity contribution in [3.05, 3.63) is 47.0 Å². The molecule has 4 rings (SSSR count). The molecule has 0 aromatic heterocycles. The average molecular weight is 429 g/mol. The van der Waals surface area contributed by atoms with Crippen molar-refractivity contribution in [1.29, 1.82) is 0 Å². The van der Waals surface area contributed by atoms with E-state index in [1.165, 1.54) is 9.80 Å². The first-order valence-corrected chi connectivity index (χ1v) is 9.88. The van der Waals surface area contributed by atoms with Crippen LogP contribution < -0.4 is 19.3 Å². The predicted molar refractivity (Wildman–Crippen MR) is 113 cm³/mol. The Hall–Kier alpha value is -3.06. The molecular weight excluding hydrogens is 408 g/mol. The maximum Gasteiger partial charge on any atom is 0.271 e. The molecule has 2 amide bonds. The number of hydrogen-bond donors (Lipinski definition) is 0. The van der Waals surface area contributed by atoms with E-state index in [9.17, 15) is 14.4 Å². The van der Waals surface area contributed by atoms with Crippen molar-refractivity contribution >= 4 is 40.6 Å². The minimum Gasteiger partial charge on any atom is -0.482 e. The molecule has 0 saturated heterocycles. The van der Waals surface area contributed by atoms with Crippen molar-refractivity contribution in [2.24, 2.45) is 0 Å². The number of carbonyl (C=O) groups excluding carboxylic acids is 3. The molecule has 0 radical (unpaired) electrons. The maximum absolute atomic E-state index is 13.4. The third-order valence-electron chi connectivity index (χ3n) is 5.38. The average Bonchev–Trinajstić information content (AvgIpc) is 2.71. The van der Waals surface area contributed by atoms with Crippen LogP contribution in [0.25, 0.3) is 0 Å². The molecule has 0 fully saturated rings. The minimum atomic E-state index is -1.13. The third-order valence-corrected chi connectivity index (χ3v) is 5.61. The number of likely N-dealkylation sites (N-methyl/N-ethyl adjacent to an activating group) is 1. The highest BCUT2D eigenvalue weighted by atomic mass is 35.5. The lowest BCUT2D eigenvalue weighted by atomic mass is 9.97. The highest BCUT2D eigenvalue weighted by molar-refractivity contribution is 6.31. The van der Waals surface area contributed by atoms with Crippen molar-refractivity contribution in [2.75, 3.05) is 23.5 Å². The molecule has 0 spiro atoms. The summed E-state index contributed by atoms with van der Waals surface area (Å²) in [7, 11) is 1.63. The number of Topliss-reactive ketones (excluding diaryl/α,β-unsaturated/α-hetero) is 1. The SMILES string of the molecule is CC(C(=O)c1ccc2c(c1)N(C)C(=O)CO2)N1C(=O)C(C)(C)Oc2ccc(Cl)cc21. The van der Waals surface area contributed by atoms with Crippen LogP contribution in [0.2, 0.25) is 5.02 Å². The van der Waals surface area contributed by atoms with Crippen LogP contribution in [0.15, 0.2) is 36.4 Å². The van der Waals surface area contributed by atoms with Crippen LogP contribution in [-0.4, -0.2) is 42.9 Å². The Bertz CT molecular complexity index is 1080. The molecule has 0 aliphatic carbocycles. The monoisotopic (exact) mass is 428 g/mol. The van der Waals surface area contributed by atoms with Gasteiger partial charge in [-0.15, -0.1) is 0 Å². The van der Waals surface area contributed by atoms with Gasteiger partial charge in [0.25, 0.3) is 11.8 Å². The van der Waals surface area contributed by atoms with Gasteiger partial charge in [0.15, 0.2) is 18.0 Å². The Morgan fingerprint density at radius 2 is 1.80 bits per heavy atom. The quantitative estimate of drug-likeness (QED) is 0.699. The Balaban J connectivity index is 1.73. The van der Waals surface area contributed by atoms with Gasteiger partial charge in [0.1, 0.15) is 11.5 Å². The van der Waals surface area contributed by atoms with Gasteiger partial charge in [0, 0.05) is 17.6 Å². The van der Waals surface area contributed by atoms with E-state index in [2.05, 4.69) is 0 Å². The molecule has 156 valence electrons. The Morgan fingerprint density at radius 3 is 2.53 bits per heavy atom. The molecule has 2 heterocycles. The summed E-state index contributed by atoms with van der Waals surface area (Å²) in [5, 5.41) is 0.431. The van der Waals surface area contributed by atoms with Gasteiger partial charge in [-0.2, -0.15) is 0 Å². The molecular formula is C22H21ClN2O5. The largest absolute Gasteiger partial charge is 0.482 e. The van der Waals surface area contributed by atoms with Crippen LogP contribution in [0.4, 0.5) is 11.4 Å². The molecule has 0 N–H and O–H groups in total. The summed E-state index contributed by atoms with van der Waals surface area (Å²) in [6, 6.07) is 9.06. The molecule has 30 heavy (non-hydrogen) atoms. The van der Waals surface area contributed by atoms with Crippen LogP contribution in [0.1, 0.15) is 31.1 Å². The van der Waals surface area contributed by atoms with Gasteiger partial charge in [0.2, 0.25) is 0 Å². The number of anilines is 2. The zero-order valence-electron chi connectivity index (χ0n) is 17.1. The smallest absolute Gasteiger partial charge is 0.271 e. The van der Waals surface area contributed by atoms with Crippen LogP contribution in [0, 0.1) is 0 Å². The standard InChI is InChI=1S/C22H21ClN2O5/c1-12(20(27)13-5-7-17-15(9-13)24(4)19(26)11-29-17)25-16-10-14(23)6-8-18(16)30-22(2,3)21(25)28/h5-10,12H,11H2,1-4H3. The molecule has 2 aliphatic heterocycles. The van der Waals surface area contributed by atoms with E-state index in [1.807, 2.05) is 0 Å². The number of rotatable bonds is 3. The van der Waals surface area contributed by atoms with E-state index in [1.54, 1.807) is 64.2 Å². The first-order valence-electron chi connectivity index (χ1n) is 9.50. The van der Waals surface area contributed by atoms with Crippen molar-refractivity contribution in [3.63, 3.8) is 0 Å². The van der Waals surface area contributed by atoms with Crippen molar-refractivity contribution in [2.45, 2.75) is 32.4 Å². The van der Waals surface area contributed by atoms with E-state index in [4.69, 9.17) is 21.1 Å². The number of ketones is 1. The normalized spacial score (nSPS) is 18.2. The highest BCUT2D eigenvalue weighted by Crippen LogP contribution is 2.41. The van der Waals surface area contributed by atoms with Gasteiger partial charge in [-0.3, -0.25) is 19.3 Å². The maximum atomic E-state index is 13.4. The van der Waals surface area contributed by atoms with Crippen LogP contribution in [-0.2, 0) is 9.59 Å².